The van der Waals surface area contributed by atoms with Crippen molar-refractivity contribution < 1.29 is 18.7 Å². The van der Waals surface area contributed by atoms with Crippen LogP contribution >= 0.6 is 0 Å². The number of aromatic nitrogens is 1. The van der Waals surface area contributed by atoms with Crippen LogP contribution < -0.4 is 0 Å². The maximum atomic E-state index is 13.9. The summed E-state index contributed by atoms with van der Waals surface area (Å²) in [5.74, 6) is -2.60. The van der Waals surface area contributed by atoms with Crippen molar-refractivity contribution in [3.05, 3.63) is 53.4 Å². The second-order valence-electron chi connectivity index (χ2n) is 4.24. The fraction of sp³-hybridized carbons (Fsp3) is 0.143. The number of halogens is 2. The predicted molar refractivity (Wildman–Crippen MR) is 65.7 cm³/mol. The molecule has 0 aliphatic carbocycles. The molecule has 0 atom stereocenters. The topological polar surface area (TPSA) is 50.2 Å². The first kappa shape index (κ1) is 13.1. The average Bonchev–Trinajstić information content (AvgIpc) is 2.32. The number of pyridine rings is 1. The van der Waals surface area contributed by atoms with Gasteiger partial charge >= 0.3 is 5.97 Å². The molecule has 1 aromatic carbocycles. The molecule has 1 N–H and O–H groups in total. The number of hydrogen-bond donors (Lipinski definition) is 1. The number of carboxylic acids is 1. The highest BCUT2D eigenvalue weighted by molar-refractivity contribution is 5.71. The fourth-order valence-corrected chi connectivity index (χ4v) is 1.81. The Morgan fingerprint density at radius 3 is 2.58 bits per heavy atom. The van der Waals surface area contributed by atoms with Crippen molar-refractivity contribution >= 4 is 5.97 Å². The smallest absolute Gasteiger partial charge is 0.307 e. The number of nitrogens with zero attached hydrogens (tertiary/aromatic N) is 1. The molecule has 0 bridgehead atoms. The molecular weight excluding hydrogens is 252 g/mol. The molecule has 0 aliphatic heterocycles. The van der Waals surface area contributed by atoms with Crippen molar-refractivity contribution in [2.75, 3.05) is 0 Å². The average molecular weight is 263 g/mol. The summed E-state index contributed by atoms with van der Waals surface area (Å²) in [7, 11) is 0. The van der Waals surface area contributed by atoms with Gasteiger partial charge in [0, 0.05) is 29.1 Å². The van der Waals surface area contributed by atoms with Gasteiger partial charge in [-0.1, -0.05) is 0 Å². The highest BCUT2D eigenvalue weighted by Crippen LogP contribution is 2.26. The third kappa shape index (κ3) is 2.93. The van der Waals surface area contributed by atoms with E-state index in [4.69, 9.17) is 5.11 Å². The molecule has 0 saturated heterocycles. The molecular formula is C14H11F2NO2. The lowest BCUT2D eigenvalue weighted by Crippen LogP contribution is -2.04. The number of hydrogen-bond acceptors (Lipinski definition) is 2. The van der Waals surface area contributed by atoms with E-state index < -0.39 is 24.0 Å². The molecule has 1 aromatic heterocycles. The first-order valence-electron chi connectivity index (χ1n) is 5.59. The first-order valence-corrected chi connectivity index (χ1v) is 5.59. The van der Waals surface area contributed by atoms with E-state index in [-0.39, 0.29) is 11.1 Å². The van der Waals surface area contributed by atoms with Crippen molar-refractivity contribution in [2.45, 2.75) is 13.3 Å². The van der Waals surface area contributed by atoms with Gasteiger partial charge in [0.1, 0.15) is 11.6 Å². The molecule has 2 aromatic rings. The summed E-state index contributed by atoms with van der Waals surface area (Å²) in [4.78, 5) is 14.5. The van der Waals surface area contributed by atoms with E-state index >= 15 is 0 Å². The highest BCUT2D eigenvalue weighted by atomic mass is 19.1. The van der Waals surface area contributed by atoms with Gasteiger partial charge in [0.05, 0.1) is 6.42 Å². The summed E-state index contributed by atoms with van der Waals surface area (Å²) < 4.78 is 27.6. The molecule has 0 aliphatic rings. The summed E-state index contributed by atoms with van der Waals surface area (Å²) in [5.41, 5.74) is 1.18. The van der Waals surface area contributed by atoms with E-state index in [1.165, 1.54) is 6.20 Å². The zero-order valence-electron chi connectivity index (χ0n) is 10.2. The largest absolute Gasteiger partial charge is 0.481 e. The summed E-state index contributed by atoms with van der Waals surface area (Å²) in [6.07, 6.45) is 2.49. The Morgan fingerprint density at radius 1 is 1.21 bits per heavy atom. The van der Waals surface area contributed by atoms with E-state index in [0.717, 1.165) is 17.7 Å². The maximum absolute atomic E-state index is 13.9. The van der Waals surface area contributed by atoms with Crippen LogP contribution in [-0.4, -0.2) is 16.1 Å². The maximum Gasteiger partial charge on any atom is 0.307 e. The van der Waals surface area contributed by atoms with Crippen LogP contribution in [0.5, 0.6) is 0 Å². The molecule has 0 amide bonds. The van der Waals surface area contributed by atoms with Gasteiger partial charge in [-0.15, -0.1) is 0 Å². The van der Waals surface area contributed by atoms with Crippen LogP contribution in [-0.2, 0) is 11.2 Å². The van der Waals surface area contributed by atoms with E-state index in [2.05, 4.69) is 4.98 Å². The lowest BCUT2D eigenvalue weighted by Gasteiger charge is -2.07. The minimum Gasteiger partial charge on any atom is -0.481 e. The van der Waals surface area contributed by atoms with Gasteiger partial charge in [0.25, 0.3) is 0 Å². The second-order valence-corrected chi connectivity index (χ2v) is 4.24. The number of benzene rings is 1. The van der Waals surface area contributed by atoms with Gasteiger partial charge in [-0.3, -0.25) is 9.78 Å². The molecule has 0 fully saturated rings. The van der Waals surface area contributed by atoms with Crippen molar-refractivity contribution in [1.29, 1.82) is 0 Å². The molecule has 0 saturated carbocycles. The Bertz CT molecular complexity index is 641. The molecule has 5 heteroatoms. The molecule has 0 spiro atoms. The molecule has 1 heterocycles. The lowest BCUT2D eigenvalue weighted by atomic mass is 10.0. The van der Waals surface area contributed by atoms with Crippen molar-refractivity contribution in [3.8, 4) is 11.1 Å². The Labute approximate surface area is 108 Å². The Hall–Kier alpha value is -2.30. The van der Waals surface area contributed by atoms with Gasteiger partial charge in [-0.05, 0) is 30.7 Å². The number of rotatable bonds is 3. The van der Waals surface area contributed by atoms with Gasteiger partial charge in [0.2, 0.25) is 0 Å². The van der Waals surface area contributed by atoms with Crippen LogP contribution in [0.15, 0.2) is 30.6 Å². The highest BCUT2D eigenvalue weighted by Gasteiger charge is 2.14. The fourth-order valence-electron chi connectivity index (χ4n) is 1.81. The molecule has 2 rings (SSSR count). The van der Waals surface area contributed by atoms with Crippen LogP contribution in [0, 0.1) is 18.6 Å². The van der Waals surface area contributed by atoms with Gasteiger partial charge in [-0.25, -0.2) is 8.78 Å². The number of carboxylic acid groups (broad SMARTS) is 1. The van der Waals surface area contributed by atoms with Crippen molar-refractivity contribution in [1.82, 2.24) is 4.98 Å². The van der Waals surface area contributed by atoms with Crippen LogP contribution in [0.1, 0.15) is 11.1 Å². The third-order valence-corrected chi connectivity index (χ3v) is 2.66. The van der Waals surface area contributed by atoms with Gasteiger partial charge in [-0.2, -0.15) is 0 Å². The van der Waals surface area contributed by atoms with Gasteiger partial charge in [0.15, 0.2) is 0 Å². The number of aliphatic carboxylic acids is 1. The number of carbonyl (C=O) groups is 1. The van der Waals surface area contributed by atoms with Crippen LogP contribution in [0.4, 0.5) is 8.78 Å². The summed E-state index contributed by atoms with van der Waals surface area (Å²) >= 11 is 0. The van der Waals surface area contributed by atoms with Crippen LogP contribution in [0.3, 0.4) is 0 Å². The second kappa shape index (κ2) is 5.14. The molecule has 3 nitrogen and oxygen atoms in total. The molecule has 0 radical (unpaired) electrons. The number of aryl methyl sites for hydroxylation is 1. The summed E-state index contributed by atoms with van der Waals surface area (Å²) in [6, 6.07) is 3.60. The van der Waals surface area contributed by atoms with E-state index in [1.54, 1.807) is 19.2 Å². The van der Waals surface area contributed by atoms with Crippen LogP contribution in [0.25, 0.3) is 11.1 Å². The van der Waals surface area contributed by atoms with E-state index in [0.29, 0.717) is 5.56 Å². The standard InChI is InChI=1S/C14H11F2NO2/c1-8-2-10(7-17-6-8)11-5-12(15)9(3-13(11)16)4-14(18)19/h2-3,5-7H,4H2,1H3,(H,18,19). The molecule has 98 valence electrons. The van der Waals surface area contributed by atoms with Crippen molar-refractivity contribution in [3.63, 3.8) is 0 Å². The van der Waals surface area contributed by atoms with Crippen molar-refractivity contribution in [2.24, 2.45) is 0 Å². The van der Waals surface area contributed by atoms with Gasteiger partial charge < -0.3 is 5.11 Å². The molecule has 0 unspecified atom stereocenters. The SMILES string of the molecule is Cc1cncc(-c2cc(F)c(CC(=O)O)cc2F)c1. The zero-order valence-corrected chi connectivity index (χ0v) is 10.2. The minimum absolute atomic E-state index is 0.0721. The Kier molecular flexibility index (Phi) is 3.55. The Balaban J connectivity index is 2.49. The monoisotopic (exact) mass is 263 g/mol. The third-order valence-electron chi connectivity index (χ3n) is 2.66. The normalized spacial score (nSPS) is 10.5. The lowest BCUT2D eigenvalue weighted by molar-refractivity contribution is -0.136. The van der Waals surface area contributed by atoms with E-state index in [9.17, 15) is 13.6 Å². The van der Waals surface area contributed by atoms with E-state index in [1.807, 2.05) is 0 Å². The van der Waals surface area contributed by atoms with Crippen LogP contribution in [0.2, 0.25) is 0 Å². The Morgan fingerprint density at radius 2 is 1.95 bits per heavy atom. The summed E-state index contributed by atoms with van der Waals surface area (Å²) in [5, 5.41) is 8.61. The first-order chi connectivity index (χ1) is 8.97. The predicted octanol–water partition coefficient (Wildman–Crippen LogP) is 2.96. The molecule has 19 heavy (non-hydrogen) atoms. The minimum atomic E-state index is -1.21. The quantitative estimate of drug-likeness (QED) is 0.926. The zero-order chi connectivity index (χ0) is 14.0. The summed E-state index contributed by atoms with van der Waals surface area (Å²) in [6.45, 7) is 1.80.